The summed E-state index contributed by atoms with van der Waals surface area (Å²) in [5.41, 5.74) is -0.421. The molecule has 0 bridgehead atoms. The highest BCUT2D eigenvalue weighted by atomic mass is 19.4. The molecule has 186 valence electrons. The minimum Gasteiger partial charge on any atom is -0.374 e. The van der Waals surface area contributed by atoms with Gasteiger partial charge in [-0.05, 0) is 18.2 Å². The van der Waals surface area contributed by atoms with Crippen molar-refractivity contribution in [3.8, 4) is 17.2 Å². The van der Waals surface area contributed by atoms with E-state index in [0.717, 1.165) is 4.68 Å². The van der Waals surface area contributed by atoms with Crippen LogP contribution in [0.25, 0.3) is 17.2 Å². The van der Waals surface area contributed by atoms with Gasteiger partial charge in [0, 0.05) is 32.4 Å². The van der Waals surface area contributed by atoms with Crippen LogP contribution in [0, 0.1) is 0 Å². The van der Waals surface area contributed by atoms with Crippen molar-refractivity contribution in [2.75, 3.05) is 18.9 Å². The first-order valence-corrected chi connectivity index (χ1v) is 10.7. The molecule has 5 heterocycles. The zero-order valence-corrected chi connectivity index (χ0v) is 18.8. The number of aliphatic hydroxyl groups is 1. The van der Waals surface area contributed by atoms with Crippen LogP contribution in [0.15, 0.2) is 49.1 Å². The van der Waals surface area contributed by atoms with Crippen LogP contribution >= 0.6 is 0 Å². The summed E-state index contributed by atoms with van der Waals surface area (Å²) in [7, 11) is 1.61. The topological polar surface area (TPSA) is 140 Å². The minimum absolute atomic E-state index is 0.128. The summed E-state index contributed by atoms with van der Waals surface area (Å²) in [6, 6.07) is 6.72. The number of likely N-dealkylation sites (tertiary alicyclic amines) is 1. The van der Waals surface area contributed by atoms with Gasteiger partial charge in [0.1, 0.15) is 12.2 Å². The second-order valence-electron chi connectivity index (χ2n) is 8.20. The maximum Gasteiger partial charge on any atom is 0.408 e. The molecule has 0 aromatic carbocycles. The number of aromatic nitrogens is 8. The molecule has 0 saturated carbocycles. The van der Waals surface area contributed by atoms with Gasteiger partial charge in [0.2, 0.25) is 5.95 Å². The van der Waals surface area contributed by atoms with E-state index in [1.807, 2.05) is 0 Å². The molecule has 36 heavy (non-hydrogen) atoms. The van der Waals surface area contributed by atoms with Crippen LogP contribution < -0.4 is 5.32 Å². The van der Waals surface area contributed by atoms with Crippen LogP contribution in [-0.4, -0.2) is 75.4 Å². The fraction of sp³-hybridized carbons (Fsp3) is 0.286. The van der Waals surface area contributed by atoms with Crippen LogP contribution in [0.5, 0.6) is 0 Å². The van der Waals surface area contributed by atoms with Crippen molar-refractivity contribution in [2.24, 2.45) is 0 Å². The maximum atomic E-state index is 12.6. The highest BCUT2D eigenvalue weighted by Crippen LogP contribution is 2.31. The Balaban J connectivity index is 1.36. The van der Waals surface area contributed by atoms with E-state index in [1.54, 1.807) is 31.3 Å². The highest BCUT2D eigenvalue weighted by molar-refractivity contribution is 5.87. The summed E-state index contributed by atoms with van der Waals surface area (Å²) >= 11 is 0. The standard InChI is InChI=1S/C21H19F3N10O2/c1-32-8-6-20(36,18(32)35)16-11-34(31-30-16)17-4-2-3-14(28-17)15-5-7-25-19(29-15)27-13-9-26-33(10-13)12-21(22,23)24/h2-5,7,9-11,36H,6,8,12H2,1H3,(H,25,27,29). The van der Waals surface area contributed by atoms with Crippen LogP contribution in [0.2, 0.25) is 0 Å². The van der Waals surface area contributed by atoms with Gasteiger partial charge in [0.15, 0.2) is 11.4 Å². The Hall–Kier alpha value is -4.40. The minimum atomic E-state index is -4.39. The summed E-state index contributed by atoms with van der Waals surface area (Å²) in [4.78, 5) is 26.8. The number of anilines is 2. The quantitative estimate of drug-likeness (QED) is 0.405. The molecule has 1 aliphatic heterocycles. The van der Waals surface area contributed by atoms with Crippen LogP contribution in [0.4, 0.5) is 24.8 Å². The van der Waals surface area contributed by atoms with Crippen molar-refractivity contribution in [1.82, 2.24) is 44.6 Å². The first-order valence-electron chi connectivity index (χ1n) is 10.7. The number of pyridine rings is 1. The van der Waals surface area contributed by atoms with Crippen LogP contribution in [0.1, 0.15) is 12.1 Å². The summed E-state index contributed by atoms with van der Waals surface area (Å²) < 4.78 is 39.8. The molecule has 5 rings (SSSR count). The monoisotopic (exact) mass is 500 g/mol. The molecule has 12 nitrogen and oxygen atoms in total. The maximum absolute atomic E-state index is 12.6. The Labute approximate surface area is 201 Å². The molecule has 1 fully saturated rings. The van der Waals surface area contributed by atoms with Crippen molar-refractivity contribution >= 4 is 17.5 Å². The van der Waals surface area contributed by atoms with E-state index in [1.165, 1.54) is 34.4 Å². The third-order valence-corrected chi connectivity index (χ3v) is 5.54. The Bertz CT molecular complexity index is 1420. The lowest BCUT2D eigenvalue weighted by atomic mass is 9.99. The molecule has 0 aliphatic carbocycles. The fourth-order valence-electron chi connectivity index (χ4n) is 3.74. The predicted molar refractivity (Wildman–Crippen MR) is 118 cm³/mol. The molecule has 4 aromatic rings. The lowest BCUT2D eigenvalue weighted by Gasteiger charge is -2.17. The molecule has 1 unspecified atom stereocenters. The van der Waals surface area contributed by atoms with Gasteiger partial charge in [-0.1, -0.05) is 11.3 Å². The Morgan fingerprint density at radius 3 is 2.72 bits per heavy atom. The molecule has 2 N–H and O–H groups in total. The molecular formula is C21H19F3N10O2. The fourth-order valence-corrected chi connectivity index (χ4v) is 3.74. The summed E-state index contributed by atoms with van der Waals surface area (Å²) in [6.07, 6.45) is 1.19. The molecule has 1 aliphatic rings. The van der Waals surface area contributed by atoms with Crippen molar-refractivity contribution in [1.29, 1.82) is 0 Å². The molecule has 15 heteroatoms. The second kappa shape index (κ2) is 8.67. The van der Waals surface area contributed by atoms with E-state index in [9.17, 15) is 23.1 Å². The number of carbonyl (C=O) groups excluding carboxylic acids is 1. The SMILES string of the molecule is CN1CCC(O)(c2cn(-c3cccc(-c4ccnc(Nc5cnn(CC(F)(F)F)c5)n4)n3)nn2)C1=O. The van der Waals surface area contributed by atoms with E-state index in [0.29, 0.717) is 29.4 Å². The molecular weight excluding hydrogens is 481 g/mol. The van der Waals surface area contributed by atoms with Crippen LogP contribution in [-0.2, 0) is 16.9 Å². The van der Waals surface area contributed by atoms with E-state index < -0.39 is 24.2 Å². The summed E-state index contributed by atoms with van der Waals surface area (Å²) in [5, 5.41) is 25.3. The number of hydrogen-bond acceptors (Lipinski definition) is 9. The lowest BCUT2D eigenvalue weighted by Crippen LogP contribution is -2.36. The van der Waals surface area contributed by atoms with Gasteiger partial charge in [-0.3, -0.25) is 9.48 Å². The number of amides is 1. The Kier molecular flexibility index (Phi) is 5.62. The molecule has 4 aromatic heterocycles. The zero-order chi connectivity index (χ0) is 25.5. The second-order valence-corrected chi connectivity index (χ2v) is 8.20. The van der Waals surface area contributed by atoms with Gasteiger partial charge in [0.25, 0.3) is 5.91 Å². The number of carbonyl (C=O) groups is 1. The van der Waals surface area contributed by atoms with Crippen molar-refractivity contribution in [3.05, 3.63) is 54.7 Å². The number of rotatable bonds is 6. The third kappa shape index (κ3) is 4.59. The smallest absolute Gasteiger partial charge is 0.374 e. The third-order valence-electron chi connectivity index (χ3n) is 5.54. The molecule has 1 saturated heterocycles. The van der Waals surface area contributed by atoms with Crippen molar-refractivity contribution in [2.45, 2.75) is 24.7 Å². The van der Waals surface area contributed by atoms with Gasteiger partial charge < -0.3 is 15.3 Å². The number of alkyl halides is 3. The molecule has 1 atom stereocenters. The first kappa shape index (κ1) is 23.3. The predicted octanol–water partition coefficient (Wildman–Crippen LogP) is 1.67. The number of hydrogen-bond donors (Lipinski definition) is 2. The first-order chi connectivity index (χ1) is 17.1. The van der Waals surface area contributed by atoms with Crippen molar-refractivity contribution < 1.29 is 23.1 Å². The van der Waals surface area contributed by atoms with Gasteiger partial charge >= 0.3 is 6.18 Å². The van der Waals surface area contributed by atoms with Gasteiger partial charge in [-0.25, -0.2) is 19.6 Å². The molecule has 0 spiro atoms. The zero-order valence-electron chi connectivity index (χ0n) is 18.8. The number of nitrogens with one attached hydrogen (secondary N) is 1. The molecule has 1 amide bonds. The average Bonchev–Trinajstić information content (AvgIpc) is 3.56. The molecule has 0 radical (unpaired) electrons. The van der Waals surface area contributed by atoms with Crippen molar-refractivity contribution in [3.63, 3.8) is 0 Å². The summed E-state index contributed by atoms with van der Waals surface area (Å²) in [5.74, 6) is 0.0665. The Morgan fingerprint density at radius 1 is 1.17 bits per heavy atom. The normalized spacial score (nSPS) is 18.1. The van der Waals surface area contributed by atoms with E-state index >= 15 is 0 Å². The van der Waals surface area contributed by atoms with Gasteiger partial charge in [-0.2, -0.15) is 18.3 Å². The lowest BCUT2D eigenvalue weighted by molar-refractivity contribution is -0.143. The van der Waals surface area contributed by atoms with E-state index in [-0.39, 0.29) is 18.1 Å². The average molecular weight is 500 g/mol. The number of likely N-dealkylation sites (N-methyl/N-ethyl adjacent to an activating group) is 1. The van der Waals surface area contributed by atoms with E-state index in [2.05, 4.69) is 35.7 Å². The van der Waals surface area contributed by atoms with Gasteiger partial charge in [-0.15, -0.1) is 5.10 Å². The highest BCUT2D eigenvalue weighted by Gasteiger charge is 2.47. The number of halogens is 3. The van der Waals surface area contributed by atoms with Crippen LogP contribution in [0.3, 0.4) is 0 Å². The Morgan fingerprint density at radius 2 is 1.97 bits per heavy atom. The number of nitrogens with zero attached hydrogens (tertiary/aromatic N) is 9. The largest absolute Gasteiger partial charge is 0.408 e. The van der Waals surface area contributed by atoms with Gasteiger partial charge in [0.05, 0.1) is 29.5 Å². The van der Waals surface area contributed by atoms with E-state index in [4.69, 9.17) is 0 Å². The summed E-state index contributed by atoms with van der Waals surface area (Å²) in [6.45, 7) is -0.804.